The lowest BCUT2D eigenvalue weighted by molar-refractivity contribution is 0.613. The van der Waals surface area contributed by atoms with Gasteiger partial charge in [-0.2, -0.15) is 0 Å². The van der Waals surface area contributed by atoms with Crippen LogP contribution in [0.1, 0.15) is 35.3 Å². The fourth-order valence-electron chi connectivity index (χ4n) is 1.93. The molecule has 0 atom stereocenters. The van der Waals surface area contributed by atoms with Crippen LogP contribution < -0.4 is 5.32 Å². The highest BCUT2D eigenvalue weighted by molar-refractivity contribution is 7.11. The lowest BCUT2D eigenvalue weighted by Gasteiger charge is -2.00. The molecule has 1 aromatic heterocycles. The Morgan fingerprint density at radius 1 is 1.15 bits per heavy atom. The summed E-state index contributed by atoms with van der Waals surface area (Å²) in [6, 6.07) is 6.83. The number of benzene rings is 1. The second kappa shape index (κ2) is 8.07. The fourth-order valence-corrected chi connectivity index (χ4v) is 2.84. The second-order valence-corrected chi connectivity index (χ2v) is 5.86. The normalized spacial score (nSPS) is 10.9. The predicted octanol–water partition coefficient (Wildman–Crippen LogP) is 3.20. The van der Waals surface area contributed by atoms with Gasteiger partial charge in [-0.25, -0.2) is 4.39 Å². The molecular formula is C15H20FN3S. The van der Waals surface area contributed by atoms with Crippen molar-refractivity contribution in [1.29, 1.82) is 0 Å². The zero-order valence-corrected chi connectivity index (χ0v) is 12.5. The monoisotopic (exact) mass is 293 g/mol. The molecule has 0 bridgehead atoms. The smallest absolute Gasteiger partial charge is 0.126 e. The molecule has 0 aliphatic carbocycles. The first-order chi connectivity index (χ1) is 9.79. The predicted molar refractivity (Wildman–Crippen MR) is 80.6 cm³/mol. The van der Waals surface area contributed by atoms with Gasteiger partial charge in [0.25, 0.3) is 0 Å². The van der Waals surface area contributed by atoms with Gasteiger partial charge in [0, 0.05) is 12.8 Å². The van der Waals surface area contributed by atoms with E-state index in [-0.39, 0.29) is 5.82 Å². The van der Waals surface area contributed by atoms with Gasteiger partial charge < -0.3 is 5.32 Å². The molecule has 0 saturated carbocycles. The van der Waals surface area contributed by atoms with Crippen LogP contribution in [0.3, 0.4) is 0 Å². The highest BCUT2D eigenvalue weighted by atomic mass is 32.1. The molecule has 0 saturated heterocycles. The van der Waals surface area contributed by atoms with Crippen LogP contribution in [0, 0.1) is 5.82 Å². The Balaban J connectivity index is 1.82. The van der Waals surface area contributed by atoms with Crippen LogP contribution in [0.4, 0.5) is 4.39 Å². The van der Waals surface area contributed by atoms with E-state index in [2.05, 4.69) is 22.4 Å². The molecule has 2 aromatic rings. The summed E-state index contributed by atoms with van der Waals surface area (Å²) in [5.74, 6) is -0.173. The minimum Gasteiger partial charge on any atom is -0.317 e. The number of hydrogen-bond acceptors (Lipinski definition) is 4. The van der Waals surface area contributed by atoms with Gasteiger partial charge >= 0.3 is 0 Å². The third-order valence-electron chi connectivity index (χ3n) is 2.98. The largest absolute Gasteiger partial charge is 0.317 e. The van der Waals surface area contributed by atoms with Gasteiger partial charge in [-0.15, -0.1) is 21.5 Å². The molecule has 0 amide bonds. The maximum Gasteiger partial charge on any atom is 0.126 e. The van der Waals surface area contributed by atoms with Crippen molar-refractivity contribution in [2.24, 2.45) is 0 Å². The maximum absolute atomic E-state index is 13.6. The van der Waals surface area contributed by atoms with E-state index in [1.54, 1.807) is 23.5 Å². The highest BCUT2D eigenvalue weighted by Crippen LogP contribution is 2.17. The van der Waals surface area contributed by atoms with Crippen molar-refractivity contribution < 1.29 is 4.39 Å². The summed E-state index contributed by atoms with van der Waals surface area (Å²) < 4.78 is 13.6. The van der Waals surface area contributed by atoms with Crippen molar-refractivity contribution in [3.8, 4) is 0 Å². The second-order valence-electron chi connectivity index (χ2n) is 4.71. The minimum atomic E-state index is -0.173. The van der Waals surface area contributed by atoms with Crippen LogP contribution in [-0.4, -0.2) is 23.3 Å². The summed E-state index contributed by atoms with van der Waals surface area (Å²) in [6.07, 6.45) is 3.68. The highest BCUT2D eigenvalue weighted by Gasteiger charge is 2.07. The van der Waals surface area contributed by atoms with Gasteiger partial charge in [0.15, 0.2) is 0 Å². The molecular weight excluding hydrogens is 273 g/mol. The molecule has 3 nitrogen and oxygen atoms in total. The van der Waals surface area contributed by atoms with E-state index < -0.39 is 0 Å². The lowest BCUT2D eigenvalue weighted by Crippen LogP contribution is -2.16. The Morgan fingerprint density at radius 3 is 2.75 bits per heavy atom. The van der Waals surface area contributed by atoms with Crippen molar-refractivity contribution in [3.63, 3.8) is 0 Å². The Hall–Kier alpha value is -1.33. The van der Waals surface area contributed by atoms with Gasteiger partial charge in [0.2, 0.25) is 0 Å². The summed E-state index contributed by atoms with van der Waals surface area (Å²) in [7, 11) is 0. The molecule has 108 valence electrons. The van der Waals surface area contributed by atoms with Crippen molar-refractivity contribution >= 4 is 11.3 Å². The number of aryl methyl sites for hydroxylation is 1. The summed E-state index contributed by atoms with van der Waals surface area (Å²) >= 11 is 1.58. The molecule has 0 aliphatic rings. The Kier molecular flexibility index (Phi) is 6.08. The number of rotatable bonds is 8. The quantitative estimate of drug-likeness (QED) is 0.760. The minimum absolute atomic E-state index is 0.173. The van der Waals surface area contributed by atoms with Crippen LogP contribution in [0.25, 0.3) is 0 Å². The summed E-state index contributed by atoms with van der Waals surface area (Å²) in [5.41, 5.74) is 0.680. The van der Waals surface area contributed by atoms with E-state index in [0.717, 1.165) is 42.4 Å². The fraction of sp³-hybridized carbons (Fsp3) is 0.467. The molecule has 1 aromatic carbocycles. The van der Waals surface area contributed by atoms with Gasteiger partial charge in [-0.3, -0.25) is 0 Å². The Morgan fingerprint density at radius 2 is 1.95 bits per heavy atom. The molecule has 0 unspecified atom stereocenters. The average Bonchev–Trinajstić information content (AvgIpc) is 2.89. The summed E-state index contributed by atoms with van der Waals surface area (Å²) in [5, 5.41) is 13.6. The van der Waals surface area contributed by atoms with Crippen LogP contribution in [0.15, 0.2) is 24.3 Å². The van der Waals surface area contributed by atoms with E-state index in [1.807, 2.05) is 6.07 Å². The zero-order chi connectivity index (χ0) is 14.2. The molecule has 2 rings (SSSR count). The van der Waals surface area contributed by atoms with Gasteiger partial charge in [-0.1, -0.05) is 25.1 Å². The number of halogens is 1. The Bertz CT molecular complexity index is 527. The first kappa shape index (κ1) is 15.1. The molecule has 0 radical (unpaired) electrons. The van der Waals surface area contributed by atoms with Gasteiger partial charge in [-0.05, 0) is 37.6 Å². The third-order valence-corrected chi connectivity index (χ3v) is 3.96. The first-order valence-corrected chi connectivity index (χ1v) is 7.86. The average molecular weight is 293 g/mol. The van der Waals surface area contributed by atoms with Crippen molar-refractivity contribution in [2.45, 2.75) is 32.6 Å². The van der Waals surface area contributed by atoms with E-state index in [4.69, 9.17) is 0 Å². The molecule has 1 N–H and O–H groups in total. The standard InChI is InChI=1S/C15H20FN3S/c1-2-9-17-10-5-8-14-18-19-15(20-14)11-12-6-3-4-7-13(12)16/h3-4,6-7,17H,2,5,8-11H2,1H3. The molecule has 0 aliphatic heterocycles. The number of hydrogen-bond donors (Lipinski definition) is 1. The van der Waals surface area contributed by atoms with Crippen molar-refractivity contribution in [1.82, 2.24) is 15.5 Å². The molecule has 20 heavy (non-hydrogen) atoms. The zero-order valence-electron chi connectivity index (χ0n) is 11.7. The van der Waals surface area contributed by atoms with Crippen LogP contribution in [0.5, 0.6) is 0 Å². The third kappa shape index (κ3) is 4.65. The molecule has 0 fully saturated rings. The van der Waals surface area contributed by atoms with Crippen molar-refractivity contribution in [2.75, 3.05) is 13.1 Å². The van der Waals surface area contributed by atoms with E-state index >= 15 is 0 Å². The number of nitrogens with zero attached hydrogens (tertiary/aromatic N) is 2. The summed E-state index contributed by atoms with van der Waals surface area (Å²) in [4.78, 5) is 0. The van der Waals surface area contributed by atoms with Crippen LogP contribution in [-0.2, 0) is 12.8 Å². The van der Waals surface area contributed by atoms with Crippen molar-refractivity contribution in [3.05, 3.63) is 45.7 Å². The number of nitrogens with one attached hydrogen (secondary N) is 1. The molecule has 5 heteroatoms. The summed E-state index contributed by atoms with van der Waals surface area (Å²) in [6.45, 7) is 4.23. The molecule has 1 heterocycles. The lowest BCUT2D eigenvalue weighted by atomic mass is 10.1. The van der Waals surface area contributed by atoms with Gasteiger partial charge in [0.05, 0.1) is 0 Å². The number of aromatic nitrogens is 2. The first-order valence-electron chi connectivity index (χ1n) is 7.05. The maximum atomic E-state index is 13.6. The van der Waals surface area contributed by atoms with E-state index in [1.165, 1.54) is 6.07 Å². The SMILES string of the molecule is CCCNCCCc1nnc(Cc2ccccc2F)s1. The van der Waals surface area contributed by atoms with Gasteiger partial charge in [0.1, 0.15) is 15.8 Å². The van der Waals surface area contributed by atoms with Crippen LogP contribution in [0.2, 0.25) is 0 Å². The topological polar surface area (TPSA) is 37.8 Å². The Labute approximate surface area is 123 Å². The molecule has 0 spiro atoms. The van der Waals surface area contributed by atoms with E-state index in [9.17, 15) is 4.39 Å². The van der Waals surface area contributed by atoms with E-state index in [0.29, 0.717) is 12.0 Å². The van der Waals surface area contributed by atoms with Crippen LogP contribution >= 0.6 is 11.3 Å².